The molecule has 2 N–H and O–H groups in total. The van der Waals surface area contributed by atoms with E-state index in [1.54, 1.807) is 12.1 Å². The summed E-state index contributed by atoms with van der Waals surface area (Å²) in [5.41, 5.74) is 0.984. The lowest BCUT2D eigenvalue weighted by atomic mass is 10.1. The number of piperazine rings is 1. The Morgan fingerprint density at radius 1 is 1.50 bits per heavy atom. The molecular weight excluding hydrogens is 263 g/mol. The van der Waals surface area contributed by atoms with Crippen LogP contribution in [-0.4, -0.2) is 41.5 Å². The van der Waals surface area contributed by atoms with Gasteiger partial charge in [0.05, 0.1) is 6.54 Å². The summed E-state index contributed by atoms with van der Waals surface area (Å²) >= 11 is 0. The summed E-state index contributed by atoms with van der Waals surface area (Å²) in [5, 5.41) is 11.2. The predicted molar refractivity (Wildman–Crippen MR) is 71.4 cm³/mol. The maximum absolute atomic E-state index is 13.9. The van der Waals surface area contributed by atoms with E-state index in [0.717, 1.165) is 6.08 Å². The van der Waals surface area contributed by atoms with E-state index in [1.165, 1.54) is 12.1 Å². The van der Waals surface area contributed by atoms with Gasteiger partial charge in [0.15, 0.2) is 0 Å². The van der Waals surface area contributed by atoms with E-state index >= 15 is 0 Å². The van der Waals surface area contributed by atoms with Crippen LogP contribution in [0, 0.1) is 5.82 Å². The van der Waals surface area contributed by atoms with Gasteiger partial charge < -0.3 is 10.4 Å². The van der Waals surface area contributed by atoms with Crippen molar-refractivity contribution in [2.75, 3.05) is 19.6 Å². The number of carbonyl (C=O) groups excluding carboxylic acids is 1. The van der Waals surface area contributed by atoms with Crippen LogP contribution in [0.15, 0.2) is 24.3 Å². The van der Waals surface area contributed by atoms with E-state index in [4.69, 9.17) is 5.11 Å². The second-order valence-corrected chi connectivity index (χ2v) is 4.58. The van der Waals surface area contributed by atoms with Crippen LogP contribution in [0.4, 0.5) is 4.39 Å². The van der Waals surface area contributed by atoms with Gasteiger partial charge in [-0.3, -0.25) is 9.69 Å². The molecular formula is C14H15FN2O3. The van der Waals surface area contributed by atoms with Crippen LogP contribution in [0.3, 0.4) is 0 Å². The molecule has 1 aliphatic heterocycles. The van der Waals surface area contributed by atoms with Crippen molar-refractivity contribution < 1.29 is 19.1 Å². The van der Waals surface area contributed by atoms with Crippen LogP contribution in [-0.2, 0) is 16.1 Å². The van der Waals surface area contributed by atoms with Gasteiger partial charge >= 0.3 is 5.97 Å². The molecule has 1 saturated heterocycles. The summed E-state index contributed by atoms with van der Waals surface area (Å²) in [7, 11) is 0. The minimum atomic E-state index is -1.08. The summed E-state index contributed by atoms with van der Waals surface area (Å²) < 4.78 is 13.9. The highest BCUT2D eigenvalue weighted by atomic mass is 19.1. The zero-order chi connectivity index (χ0) is 14.5. The van der Waals surface area contributed by atoms with Crippen molar-refractivity contribution in [1.29, 1.82) is 0 Å². The monoisotopic (exact) mass is 278 g/mol. The first kappa shape index (κ1) is 14.2. The Labute approximate surface area is 115 Å². The average Bonchev–Trinajstić information content (AvgIpc) is 2.39. The Hall–Kier alpha value is -2.21. The first-order chi connectivity index (χ1) is 9.54. The molecule has 6 heteroatoms. The summed E-state index contributed by atoms with van der Waals surface area (Å²) in [5.74, 6) is -1.53. The smallest absolute Gasteiger partial charge is 0.328 e. The fraction of sp³-hybridized carbons (Fsp3) is 0.286. The number of carboxylic acids is 1. The average molecular weight is 278 g/mol. The van der Waals surface area contributed by atoms with Crippen molar-refractivity contribution in [3.05, 3.63) is 41.2 Å². The van der Waals surface area contributed by atoms with Crippen molar-refractivity contribution in [2.24, 2.45) is 0 Å². The number of hydrogen-bond donors (Lipinski definition) is 2. The number of halogens is 1. The molecule has 1 amide bonds. The van der Waals surface area contributed by atoms with E-state index in [-0.39, 0.29) is 12.5 Å². The third kappa shape index (κ3) is 3.89. The van der Waals surface area contributed by atoms with E-state index in [1.807, 2.05) is 4.90 Å². The fourth-order valence-corrected chi connectivity index (χ4v) is 2.03. The highest BCUT2D eigenvalue weighted by Crippen LogP contribution is 2.14. The van der Waals surface area contributed by atoms with Gasteiger partial charge in [-0.25, -0.2) is 9.18 Å². The molecule has 106 valence electrons. The normalized spacial score (nSPS) is 16.4. The molecule has 0 atom stereocenters. The van der Waals surface area contributed by atoms with Gasteiger partial charge in [0.1, 0.15) is 5.82 Å². The summed E-state index contributed by atoms with van der Waals surface area (Å²) in [6, 6.07) is 4.56. The summed E-state index contributed by atoms with van der Waals surface area (Å²) in [6.45, 7) is 1.88. The zero-order valence-corrected chi connectivity index (χ0v) is 10.8. The van der Waals surface area contributed by atoms with Gasteiger partial charge in [-0.15, -0.1) is 0 Å². The molecule has 20 heavy (non-hydrogen) atoms. The number of carboxylic acid groups (broad SMARTS) is 1. The molecule has 2 rings (SSSR count). The minimum absolute atomic E-state index is 0.0577. The van der Waals surface area contributed by atoms with Crippen LogP contribution >= 0.6 is 0 Å². The van der Waals surface area contributed by atoms with Crippen LogP contribution in [0.5, 0.6) is 0 Å². The summed E-state index contributed by atoms with van der Waals surface area (Å²) in [6.07, 6.45) is 2.30. The lowest BCUT2D eigenvalue weighted by molar-refractivity contribution is -0.131. The third-order valence-corrected chi connectivity index (χ3v) is 3.01. The number of nitrogens with zero attached hydrogens (tertiary/aromatic N) is 1. The lowest BCUT2D eigenvalue weighted by Gasteiger charge is -2.26. The Bertz CT molecular complexity index is 557. The van der Waals surface area contributed by atoms with Gasteiger partial charge in [-0.2, -0.15) is 0 Å². The highest BCUT2D eigenvalue weighted by molar-refractivity contribution is 5.85. The molecule has 0 radical (unpaired) electrons. The van der Waals surface area contributed by atoms with E-state index in [9.17, 15) is 14.0 Å². The number of benzene rings is 1. The minimum Gasteiger partial charge on any atom is -0.478 e. The molecule has 1 heterocycles. The number of amides is 1. The van der Waals surface area contributed by atoms with Gasteiger partial charge in [0.25, 0.3) is 0 Å². The second-order valence-electron chi connectivity index (χ2n) is 4.58. The van der Waals surface area contributed by atoms with Crippen LogP contribution in [0.1, 0.15) is 11.1 Å². The SMILES string of the molecule is O=C(O)C=Cc1ccc(CN2CCNC(=O)C2)c(F)c1. The molecule has 1 aromatic carbocycles. The molecule has 1 aliphatic rings. The van der Waals surface area contributed by atoms with Crippen molar-refractivity contribution in [2.45, 2.75) is 6.54 Å². The quantitative estimate of drug-likeness (QED) is 0.801. The zero-order valence-electron chi connectivity index (χ0n) is 10.8. The molecule has 1 aromatic rings. The topological polar surface area (TPSA) is 69.6 Å². The lowest BCUT2D eigenvalue weighted by Crippen LogP contribution is -2.47. The Kier molecular flexibility index (Phi) is 4.47. The number of rotatable bonds is 4. The molecule has 1 fully saturated rings. The molecule has 0 bridgehead atoms. The van der Waals surface area contributed by atoms with Crippen LogP contribution < -0.4 is 5.32 Å². The summed E-state index contributed by atoms with van der Waals surface area (Å²) in [4.78, 5) is 23.5. The predicted octanol–water partition coefficient (Wildman–Crippen LogP) is 0.855. The maximum Gasteiger partial charge on any atom is 0.328 e. The van der Waals surface area contributed by atoms with Gasteiger partial charge in [-0.1, -0.05) is 12.1 Å². The first-order valence-corrected chi connectivity index (χ1v) is 6.23. The maximum atomic E-state index is 13.9. The molecule has 0 aliphatic carbocycles. The molecule has 0 saturated carbocycles. The van der Waals surface area contributed by atoms with Crippen LogP contribution in [0.2, 0.25) is 0 Å². The van der Waals surface area contributed by atoms with Crippen molar-refractivity contribution in [3.8, 4) is 0 Å². The fourth-order valence-electron chi connectivity index (χ4n) is 2.03. The largest absolute Gasteiger partial charge is 0.478 e. The van der Waals surface area contributed by atoms with Gasteiger partial charge in [0.2, 0.25) is 5.91 Å². The molecule has 0 spiro atoms. The number of hydrogen-bond acceptors (Lipinski definition) is 3. The van der Waals surface area contributed by atoms with Crippen molar-refractivity contribution in [1.82, 2.24) is 10.2 Å². The Morgan fingerprint density at radius 2 is 2.30 bits per heavy atom. The standard InChI is InChI=1S/C14H15FN2O3/c15-12-7-10(2-4-14(19)20)1-3-11(12)8-17-6-5-16-13(18)9-17/h1-4,7H,5-6,8-9H2,(H,16,18)(H,19,20). The van der Waals surface area contributed by atoms with Crippen LogP contribution in [0.25, 0.3) is 6.08 Å². The van der Waals surface area contributed by atoms with Crippen molar-refractivity contribution in [3.63, 3.8) is 0 Å². The molecule has 5 nitrogen and oxygen atoms in total. The highest BCUT2D eigenvalue weighted by Gasteiger charge is 2.17. The Balaban J connectivity index is 2.05. The first-order valence-electron chi connectivity index (χ1n) is 6.23. The second kappa shape index (κ2) is 6.29. The number of nitrogens with one attached hydrogen (secondary N) is 1. The van der Waals surface area contributed by atoms with Crippen molar-refractivity contribution >= 4 is 18.0 Å². The van der Waals surface area contributed by atoms with E-state index in [0.29, 0.717) is 30.8 Å². The number of carbonyl (C=O) groups is 2. The van der Waals surface area contributed by atoms with Gasteiger partial charge in [0, 0.05) is 31.3 Å². The van der Waals surface area contributed by atoms with E-state index in [2.05, 4.69) is 5.32 Å². The number of aliphatic carboxylic acids is 1. The van der Waals surface area contributed by atoms with E-state index < -0.39 is 11.8 Å². The third-order valence-electron chi connectivity index (χ3n) is 3.01. The Morgan fingerprint density at radius 3 is 2.95 bits per heavy atom. The van der Waals surface area contributed by atoms with Gasteiger partial charge in [-0.05, 0) is 17.7 Å². The molecule has 0 aromatic heterocycles. The molecule has 0 unspecified atom stereocenters.